The Labute approximate surface area is 106 Å². The van der Waals surface area contributed by atoms with Crippen LogP contribution in [0.15, 0.2) is 34.3 Å². The van der Waals surface area contributed by atoms with E-state index in [1.54, 1.807) is 7.11 Å². The summed E-state index contributed by atoms with van der Waals surface area (Å²) in [4.78, 5) is 0. The summed E-state index contributed by atoms with van der Waals surface area (Å²) in [6, 6.07) is 6.06. The molecule has 0 aliphatic carbocycles. The topological polar surface area (TPSA) is 35.2 Å². The standard InChI is InChI=1S/C13H18BrNO/c1-10(4-3-7-15)8-11-9-12(14)5-6-13(11)16-2/h4-6,9H,3,7-8,15H2,1-2H3. The Morgan fingerprint density at radius 3 is 2.88 bits per heavy atom. The zero-order valence-corrected chi connectivity index (χ0v) is 11.4. The van der Waals surface area contributed by atoms with Gasteiger partial charge < -0.3 is 10.5 Å². The van der Waals surface area contributed by atoms with Gasteiger partial charge in [0.2, 0.25) is 0 Å². The monoisotopic (exact) mass is 283 g/mol. The van der Waals surface area contributed by atoms with E-state index in [1.165, 1.54) is 11.1 Å². The Morgan fingerprint density at radius 2 is 2.25 bits per heavy atom. The van der Waals surface area contributed by atoms with Crippen molar-refractivity contribution in [3.8, 4) is 5.75 Å². The van der Waals surface area contributed by atoms with E-state index in [4.69, 9.17) is 10.5 Å². The van der Waals surface area contributed by atoms with Crippen molar-refractivity contribution in [3.05, 3.63) is 39.9 Å². The fourth-order valence-electron chi connectivity index (χ4n) is 1.59. The fraction of sp³-hybridized carbons (Fsp3) is 0.385. The summed E-state index contributed by atoms with van der Waals surface area (Å²) in [5.41, 5.74) is 7.99. The van der Waals surface area contributed by atoms with Crippen LogP contribution in [0, 0.1) is 0 Å². The van der Waals surface area contributed by atoms with Gasteiger partial charge in [-0.25, -0.2) is 0 Å². The molecule has 1 aromatic carbocycles. The molecule has 0 amide bonds. The van der Waals surface area contributed by atoms with Gasteiger partial charge in [-0.3, -0.25) is 0 Å². The molecule has 0 heterocycles. The van der Waals surface area contributed by atoms with Gasteiger partial charge in [-0.05, 0) is 50.1 Å². The van der Waals surface area contributed by atoms with E-state index in [1.807, 2.05) is 12.1 Å². The van der Waals surface area contributed by atoms with Crippen molar-refractivity contribution in [2.75, 3.05) is 13.7 Å². The Kier molecular flexibility index (Phi) is 5.56. The maximum atomic E-state index is 5.47. The molecule has 0 saturated carbocycles. The lowest BCUT2D eigenvalue weighted by Gasteiger charge is -2.09. The van der Waals surface area contributed by atoms with Gasteiger partial charge in [0.05, 0.1) is 7.11 Å². The molecular formula is C13H18BrNO. The number of ether oxygens (including phenoxy) is 1. The second-order valence-corrected chi connectivity index (χ2v) is 4.68. The maximum Gasteiger partial charge on any atom is 0.122 e. The molecule has 0 bridgehead atoms. The predicted octanol–water partition coefficient (Wildman–Crippen LogP) is 3.30. The van der Waals surface area contributed by atoms with E-state index in [9.17, 15) is 0 Å². The van der Waals surface area contributed by atoms with E-state index in [0.29, 0.717) is 6.54 Å². The highest BCUT2D eigenvalue weighted by molar-refractivity contribution is 9.10. The number of nitrogens with two attached hydrogens (primary N) is 1. The van der Waals surface area contributed by atoms with E-state index >= 15 is 0 Å². The van der Waals surface area contributed by atoms with Gasteiger partial charge in [0, 0.05) is 4.47 Å². The SMILES string of the molecule is COc1ccc(Br)cc1CC(C)=CCCN. The minimum Gasteiger partial charge on any atom is -0.496 e. The molecule has 1 rings (SSSR count). The summed E-state index contributed by atoms with van der Waals surface area (Å²) in [7, 11) is 1.70. The van der Waals surface area contributed by atoms with Gasteiger partial charge in [0.15, 0.2) is 0 Å². The molecule has 0 aliphatic heterocycles. The fourth-order valence-corrected chi connectivity index (χ4v) is 2.00. The van der Waals surface area contributed by atoms with Crippen molar-refractivity contribution in [2.24, 2.45) is 5.73 Å². The first-order valence-electron chi connectivity index (χ1n) is 5.35. The van der Waals surface area contributed by atoms with Crippen LogP contribution in [-0.2, 0) is 6.42 Å². The second-order valence-electron chi connectivity index (χ2n) is 3.76. The Morgan fingerprint density at radius 1 is 1.50 bits per heavy atom. The Balaban J connectivity index is 2.82. The van der Waals surface area contributed by atoms with E-state index in [-0.39, 0.29) is 0 Å². The third-order valence-electron chi connectivity index (χ3n) is 2.37. The molecule has 0 aromatic heterocycles. The number of rotatable bonds is 5. The first kappa shape index (κ1) is 13.3. The van der Waals surface area contributed by atoms with Gasteiger partial charge in [0.1, 0.15) is 5.75 Å². The van der Waals surface area contributed by atoms with Crippen LogP contribution < -0.4 is 10.5 Å². The molecular weight excluding hydrogens is 266 g/mol. The zero-order valence-electron chi connectivity index (χ0n) is 9.79. The molecule has 0 atom stereocenters. The highest BCUT2D eigenvalue weighted by Gasteiger charge is 2.04. The number of hydrogen-bond acceptors (Lipinski definition) is 2. The lowest BCUT2D eigenvalue weighted by molar-refractivity contribution is 0.410. The number of hydrogen-bond donors (Lipinski definition) is 1. The minimum absolute atomic E-state index is 0.701. The molecule has 0 radical (unpaired) electrons. The van der Waals surface area contributed by atoms with Gasteiger partial charge >= 0.3 is 0 Å². The van der Waals surface area contributed by atoms with Crippen molar-refractivity contribution in [1.29, 1.82) is 0 Å². The maximum absolute atomic E-state index is 5.47. The van der Waals surface area contributed by atoms with Crippen LogP contribution in [-0.4, -0.2) is 13.7 Å². The van der Waals surface area contributed by atoms with Gasteiger partial charge in [-0.15, -0.1) is 0 Å². The predicted molar refractivity (Wildman–Crippen MR) is 71.8 cm³/mol. The second kappa shape index (κ2) is 6.71. The third kappa shape index (κ3) is 3.99. The van der Waals surface area contributed by atoms with Crippen LogP contribution in [0.25, 0.3) is 0 Å². The summed E-state index contributed by atoms with van der Waals surface area (Å²) in [6.07, 6.45) is 4.02. The normalized spacial score (nSPS) is 11.6. The Bertz CT molecular complexity index is 374. The highest BCUT2D eigenvalue weighted by atomic mass is 79.9. The number of allylic oxidation sites excluding steroid dienone is 1. The van der Waals surface area contributed by atoms with Crippen LogP contribution in [0.5, 0.6) is 5.75 Å². The number of benzene rings is 1. The van der Waals surface area contributed by atoms with Crippen molar-refractivity contribution >= 4 is 15.9 Å². The van der Waals surface area contributed by atoms with Crippen LogP contribution in [0.1, 0.15) is 18.9 Å². The molecule has 0 saturated heterocycles. The molecule has 1 aromatic rings. The van der Waals surface area contributed by atoms with Gasteiger partial charge in [-0.2, -0.15) is 0 Å². The average molecular weight is 284 g/mol. The first-order valence-corrected chi connectivity index (χ1v) is 6.14. The van der Waals surface area contributed by atoms with Crippen LogP contribution >= 0.6 is 15.9 Å². The summed E-state index contributed by atoms with van der Waals surface area (Å²) < 4.78 is 6.41. The van der Waals surface area contributed by atoms with Crippen molar-refractivity contribution < 1.29 is 4.74 Å². The largest absolute Gasteiger partial charge is 0.496 e. The van der Waals surface area contributed by atoms with Crippen LogP contribution in [0.2, 0.25) is 0 Å². The smallest absolute Gasteiger partial charge is 0.122 e. The molecule has 3 heteroatoms. The first-order chi connectivity index (χ1) is 7.67. The third-order valence-corrected chi connectivity index (χ3v) is 2.86. The molecule has 0 unspecified atom stereocenters. The molecule has 0 spiro atoms. The van der Waals surface area contributed by atoms with Gasteiger partial charge in [0.25, 0.3) is 0 Å². The Hall–Kier alpha value is -0.800. The number of halogens is 1. The van der Waals surface area contributed by atoms with Crippen molar-refractivity contribution in [1.82, 2.24) is 0 Å². The lowest BCUT2D eigenvalue weighted by Crippen LogP contribution is -1.97. The van der Waals surface area contributed by atoms with Crippen LogP contribution in [0.3, 0.4) is 0 Å². The highest BCUT2D eigenvalue weighted by Crippen LogP contribution is 2.25. The van der Waals surface area contributed by atoms with E-state index in [2.05, 4.69) is 35.0 Å². The lowest BCUT2D eigenvalue weighted by atomic mass is 10.0. The van der Waals surface area contributed by atoms with Crippen LogP contribution in [0.4, 0.5) is 0 Å². The zero-order chi connectivity index (χ0) is 12.0. The minimum atomic E-state index is 0.701. The van der Waals surface area contributed by atoms with Crippen molar-refractivity contribution in [3.63, 3.8) is 0 Å². The molecule has 16 heavy (non-hydrogen) atoms. The number of methoxy groups -OCH3 is 1. The molecule has 0 aliphatic rings. The summed E-state index contributed by atoms with van der Waals surface area (Å²) >= 11 is 3.47. The molecule has 2 nitrogen and oxygen atoms in total. The average Bonchev–Trinajstić information content (AvgIpc) is 2.27. The van der Waals surface area contributed by atoms with Crippen molar-refractivity contribution in [2.45, 2.75) is 19.8 Å². The molecule has 88 valence electrons. The molecule has 0 fully saturated rings. The molecule has 2 N–H and O–H groups in total. The summed E-state index contributed by atoms with van der Waals surface area (Å²) in [5, 5.41) is 0. The summed E-state index contributed by atoms with van der Waals surface area (Å²) in [6.45, 7) is 2.82. The van der Waals surface area contributed by atoms with E-state index in [0.717, 1.165) is 23.1 Å². The quantitative estimate of drug-likeness (QED) is 0.842. The van der Waals surface area contributed by atoms with E-state index < -0.39 is 0 Å². The summed E-state index contributed by atoms with van der Waals surface area (Å²) in [5.74, 6) is 0.934. The van der Waals surface area contributed by atoms with Gasteiger partial charge in [-0.1, -0.05) is 27.6 Å².